The fourth-order valence-electron chi connectivity index (χ4n) is 2.80. The maximum atomic E-state index is 6.26. The zero-order valence-electron chi connectivity index (χ0n) is 12.8. The lowest BCUT2D eigenvalue weighted by molar-refractivity contribution is -0.205. The van der Waals surface area contributed by atoms with E-state index in [-0.39, 0.29) is 17.8 Å². The summed E-state index contributed by atoms with van der Waals surface area (Å²) in [6.45, 7) is 8.39. The molecule has 3 nitrogen and oxygen atoms in total. The molecular weight excluding hydrogens is 240 g/mol. The Labute approximate surface area is 118 Å². The van der Waals surface area contributed by atoms with Gasteiger partial charge >= 0.3 is 0 Å². The van der Waals surface area contributed by atoms with E-state index in [1.165, 1.54) is 12.8 Å². The molecule has 0 amide bonds. The van der Waals surface area contributed by atoms with Crippen LogP contribution in [0.4, 0.5) is 0 Å². The Balaban J connectivity index is 2.04. The maximum Gasteiger partial charge on any atom is 0.158 e. The van der Waals surface area contributed by atoms with Crippen LogP contribution in [-0.2, 0) is 14.2 Å². The second-order valence-electron chi connectivity index (χ2n) is 6.82. The fourth-order valence-corrected chi connectivity index (χ4v) is 2.80. The molecule has 19 heavy (non-hydrogen) atoms. The first-order valence-corrected chi connectivity index (χ1v) is 7.98. The Morgan fingerprint density at radius 1 is 1.00 bits per heavy atom. The fraction of sp³-hybridized carbons (Fsp3) is 1.00. The van der Waals surface area contributed by atoms with Crippen molar-refractivity contribution in [2.24, 2.45) is 5.41 Å². The van der Waals surface area contributed by atoms with Gasteiger partial charge in [0.25, 0.3) is 0 Å². The quantitative estimate of drug-likeness (QED) is 0.778. The normalized spacial score (nSPS) is 33.9. The summed E-state index contributed by atoms with van der Waals surface area (Å²) in [6, 6.07) is 0. The molecule has 2 aliphatic heterocycles. The van der Waals surface area contributed by atoms with Gasteiger partial charge in [0.05, 0.1) is 18.8 Å². The van der Waals surface area contributed by atoms with E-state index in [1.54, 1.807) is 0 Å². The molecule has 0 aromatic rings. The maximum absolute atomic E-state index is 6.26. The smallest absolute Gasteiger partial charge is 0.158 e. The van der Waals surface area contributed by atoms with E-state index >= 15 is 0 Å². The molecule has 0 aliphatic carbocycles. The van der Waals surface area contributed by atoms with Crippen molar-refractivity contribution in [1.29, 1.82) is 0 Å². The Hall–Kier alpha value is -0.120. The van der Waals surface area contributed by atoms with Gasteiger partial charge in [0.15, 0.2) is 6.29 Å². The predicted molar refractivity (Wildman–Crippen MR) is 76.1 cm³/mol. The highest BCUT2D eigenvalue weighted by Gasteiger charge is 2.29. The van der Waals surface area contributed by atoms with E-state index < -0.39 is 0 Å². The van der Waals surface area contributed by atoms with Crippen LogP contribution in [0, 0.1) is 5.41 Å². The van der Waals surface area contributed by atoms with E-state index in [0.717, 1.165) is 45.3 Å². The summed E-state index contributed by atoms with van der Waals surface area (Å²) >= 11 is 0. The Morgan fingerprint density at radius 3 is 2.42 bits per heavy atom. The van der Waals surface area contributed by atoms with Gasteiger partial charge in [-0.15, -0.1) is 0 Å². The molecule has 2 saturated heterocycles. The zero-order valence-corrected chi connectivity index (χ0v) is 12.8. The standard InChI is InChI=1S/C16H30O3/c1-4-16(2,3)11-15-18-13-7-5-6-8-14(19-15)12-17-10-9-13/h13-15H,4-12H2,1-3H3. The van der Waals surface area contributed by atoms with E-state index in [0.29, 0.717) is 6.10 Å². The first-order valence-electron chi connectivity index (χ1n) is 7.98. The molecule has 0 spiro atoms. The van der Waals surface area contributed by atoms with Crippen LogP contribution in [0.1, 0.15) is 65.7 Å². The highest BCUT2D eigenvalue weighted by molar-refractivity contribution is 4.74. The average molecular weight is 270 g/mol. The van der Waals surface area contributed by atoms with Gasteiger partial charge in [-0.05, 0) is 24.7 Å². The summed E-state index contributed by atoms with van der Waals surface area (Å²) in [6.07, 6.45) is 8.39. The van der Waals surface area contributed by atoms with Crippen molar-refractivity contribution in [1.82, 2.24) is 0 Å². The second kappa shape index (κ2) is 7.05. The highest BCUT2D eigenvalue weighted by Crippen LogP contribution is 2.31. The van der Waals surface area contributed by atoms with E-state index in [4.69, 9.17) is 14.2 Å². The third-order valence-corrected chi connectivity index (χ3v) is 4.55. The highest BCUT2D eigenvalue weighted by atomic mass is 16.7. The number of ether oxygens (including phenoxy) is 3. The molecule has 3 atom stereocenters. The minimum atomic E-state index is -0.0512. The van der Waals surface area contributed by atoms with Gasteiger partial charge in [-0.3, -0.25) is 0 Å². The molecule has 0 saturated carbocycles. The van der Waals surface area contributed by atoms with Crippen molar-refractivity contribution in [2.75, 3.05) is 13.2 Å². The molecule has 0 aromatic carbocycles. The van der Waals surface area contributed by atoms with Crippen molar-refractivity contribution in [3.05, 3.63) is 0 Å². The van der Waals surface area contributed by atoms with Gasteiger partial charge in [-0.25, -0.2) is 0 Å². The molecule has 0 aromatic heterocycles. The number of hydrogen-bond acceptors (Lipinski definition) is 3. The third-order valence-electron chi connectivity index (χ3n) is 4.55. The monoisotopic (exact) mass is 270 g/mol. The summed E-state index contributed by atoms with van der Waals surface area (Å²) in [4.78, 5) is 0. The van der Waals surface area contributed by atoms with Gasteiger partial charge in [0, 0.05) is 13.0 Å². The summed E-state index contributed by atoms with van der Waals surface area (Å²) in [5, 5.41) is 0. The molecular formula is C16H30O3. The van der Waals surface area contributed by atoms with Crippen LogP contribution < -0.4 is 0 Å². The van der Waals surface area contributed by atoms with Crippen molar-refractivity contribution < 1.29 is 14.2 Å². The van der Waals surface area contributed by atoms with Crippen LogP contribution in [0.2, 0.25) is 0 Å². The van der Waals surface area contributed by atoms with E-state index in [2.05, 4.69) is 20.8 Å². The minimum absolute atomic E-state index is 0.0512. The van der Waals surface area contributed by atoms with Gasteiger partial charge in [0.2, 0.25) is 0 Å². The molecule has 2 bridgehead atoms. The van der Waals surface area contributed by atoms with Crippen LogP contribution in [0.5, 0.6) is 0 Å². The van der Waals surface area contributed by atoms with Gasteiger partial charge < -0.3 is 14.2 Å². The molecule has 3 unspecified atom stereocenters. The molecule has 3 heteroatoms. The van der Waals surface area contributed by atoms with Crippen molar-refractivity contribution in [2.45, 2.75) is 84.2 Å². The van der Waals surface area contributed by atoms with Gasteiger partial charge in [0.1, 0.15) is 0 Å². The second-order valence-corrected chi connectivity index (χ2v) is 6.82. The third kappa shape index (κ3) is 5.05. The van der Waals surface area contributed by atoms with E-state index in [1.807, 2.05) is 0 Å². The zero-order chi connectivity index (χ0) is 13.7. The topological polar surface area (TPSA) is 27.7 Å². The SMILES string of the molecule is CCC(C)(C)CC1OC2CCCCC(COCC2)O1. The summed E-state index contributed by atoms with van der Waals surface area (Å²) < 4.78 is 18.2. The molecule has 0 N–H and O–H groups in total. The van der Waals surface area contributed by atoms with Gasteiger partial charge in [-0.1, -0.05) is 40.0 Å². The Kier molecular flexibility index (Phi) is 5.67. The Bertz CT molecular complexity index is 235. The number of hydrogen-bond donors (Lipinski definition) is 0. The van der Waals surface area contributed by atoms with Crippen molar-refractivity contribution in [3.8, 4) is 0 Å². The summed E-state index contributed by atoms with van der Waals surface area (Å²) in [7, 11) is 0. The van der Waals surface area contributed by atoms with E-state index in [9.17, 15) is 0 Å². The van der Waals surface area contributed by atoms with Crippen molar-refractivity contribution in [3.63, 3.8) is 0 Å². The largest absolute Gasteiger partial charge is 0.379 e. The summed E-state index contributed by atoms with van der Waals surface area (Å²) in [5.74, 6) is 0. The first-order chi connectivity index (χ1) is 9.09. The first kappa shape index (κ1) is 15.3. The van der Waals surface area contributed by atoms with Crippen LogP contribution in [0.25, 0.3) is 0 Å². The van der Waals surface area contributed by atoms with Crippen LogP contribution in [0.15, 0.2) is 0 Å². The summed E-state index contributed by atoms with van der Waals surface area (Å²) in [5.41, 5.74) is 0.280. The Morgan fingerprint density at radius 2 is 1.68 bits per heavy atom. The van der Waals surface area contributed by atoms with Crippen molar-refractivity contribution >= 4 is 0 Å². The lowest BCUT2D eigenvalue weighted by Gasteiger charge is -2.31. The molecule has 0 radical (unpaired) electrons. The van der Waals surface area contributed by atoms with Gasteiger partial charge in [-0.2, -0.15) is 0 Å². The predicted octanol–water partition coefficient (Wildman–Crippen LogP) is 3.90. The molecule has 112 valence electrons. The molecule has 2 fully saturated rings. The lowest BCUT2D eigenvalue weighted by Crippen LogP contribution is -2.32. The average Bonchev–Trinajstić information content (AvgIpc) is 2.52. The molecule has 2 aliphatic rings. The van der Waals surface area contributed by atoms with Crippen LogP contribution >= 0.6 is 0 Å². The van der Waals surface area contributed by atoms with Crippen LogP contribution in [-0.4, -0.2) is 31.7 Å². The molecule has 2 heterocycles. The number of fused-ring (bicyclic) bond motifs is 4. The van der Waals surface area contributed by atoms with Crippen LogP contribution in [0.3, 0.4) is 0 Å². The minimum Gasteiger partial charge on any atom is -0.379 e. The lowest BCUT2D eigenvalue weighted by atomic mass is 9.86. The number of rotatable bonds is 3. The molecule has 2 rings (SSSR count).